The molecule has 0 spiro atoms. The first-order valence-electron chi connectivity index (χ1n) is 6.39. The average Bonchev–Trinajstić information content (AvgIpc) is 2.42. The Labute approximate surface area is 115 Å². The van der Waals surface area contributed by atoms with Crippen molar-refractivity contribution in [3.05, 3.63) is 35.4 Å². The van der Waals surface area contributed by atoms with E-state index in [9.17, 15) is 23.1 Å². The van der Waals surface area contributed by atoms with Gasteiger partial charge in [-0.05, 0) is 24.1 Å². The van der Waals surface area contributed by atoms with Gasteiger partial charge in [-0.1, -0.05) is 26.3 Å². The summed E-state index contributed by atoms with van der Waals surface area (Å²) in [6, 6.07) is 4.19. The number of aliphatic hydroxyl groups is 1. The van der Waals surface area contributed by atoms with E-state index in [1.165, 1.54) is 12.1 Å². The number of hydrogen-bond acceptors (Lipinski definition) is 2. The third-order valence-corrected chi connectivity index (χ3v) is 3.22. The van der Waals surface area contributed by atoms with Crippen LogP contribution in [0.5, 0.6) is 0 Å². The molecular formula is C14H18F3NO2. The quantitative estimate of drug-likeness (QED) is 0.875. The lowest BCUT2D eigenvalue weighted by atomic mass is 10.0. The second kappa shape index (κ2) is 6.74. The van der Waals surface area contributed by atoms with Gasteiger partial charge in [0.2, 0.25) is 0 Å². The Hall–Kier alpha value is -1.56. The van der Waals surface area contributed by atoms with E-state index in [4.69, 9.17) is 0 Å². The maximum absolute atomic E-state index is 12.5. The van der Waals surface area contributed by atoms with Crippen molar-refractivity contribution in [2.45, 2.75) is 32.5 Å². The number of nitrogens with one attached hydrogen (secondary N) is 1. The summed E-state index contributed by atoms with van der Waals surface area (Å²) < 4.78 is 37.6. The van der Waals surface area contributed by atoms with Crippen LogP contribution in [0.1, 0.15) is 36.2 Å². The summed E-state index contributed by atoms with van der Waals surface area (Å²) in [6.45, 7) is 3.76. The molecule has 0 aliphatic heterocycles. The van der Waals surface area contributed by atoms with E-state index in [-0.39, 0.29) is 18.0 Å². The van der Waals surface area contributed by atoms with E-state index < -0.39 is 23.8 Å². The van der Waals surface area contributed by atoms with Gasteiger partial charge in [-0.25, -0.2) is 0 Å². The summed E-state index contributed by atoms with van der Waals surface area (Å²) in [5.74, 6) is -0.615. The Balaban J connectivity index is 2.69. The fourth-order valence-electron chi connectivity index (χ4n) is 1.61. The van der Waals surface area contributed by atoms with Gasteiger partial charge in [0.1, 0.15) is 0 Å². The van der Waals surface area contributed by atoms with Crippen molar-refractivity contribution in [3.8, 4) is 0 Å². The molecule has 0 fully saturated rings. The fraction of sp³-hybridized carbons (Fsp3) is 0.500. The minimum absolute atomic E-state index is 0.0109. The first-order chi connectivity index (χ1) is 9.25. The standard InChI is InChI=1S/C14H18F3NO2/c1-3-9(2)12(19)8-18-13(20)10-5-4-6-11(7-10)14(15,16)17/h4-7,9,12,19H,3,8H2,1-2H3,(H,18,20). The molecule has 6 heteroatoms. The largest absolute Gasteiger partial charge is 0.416 e. The van der Waals surface area contributed by atoms with Crippen LogP contribution >= 0.6 is 0 Å². The van der Waals surface area contributed by atoms with Gasteiger partial charge in [0.15, 0.2) is 0 Å². The first kappa shape index (κ1) is 16.5. The van der Waals surface area contributed by atoms with E-state index >= 15 is 0 Å². The lowest BCUT2D eigenvalue weighted by Gasteiger charge is -2.17. The normalized spacial score (nSPS) is 14.7. The average molecular weight is 289 g/mol. The van der Waals surface area contributed by atoms with Crippen molar-refractivity contribution < 1.29 is 23.1 Å². The van der Waals surface area contributed by atoms with Crippen LogP contribution in [0.2, 0.25) is 0 Å². The zero-order valence-electron chi connectivity index (χ0n) is 11.4. The van der Waals surface area contributed by atoms with Crippen molar-refractivity contribution in [2.24, 2.45) is 5.92 Å². The van der Waals surface area contributed by atoms with Crippen LogP contribution in [-0.2, 0) is 6.18 Å². The maximum Gasteiger partial charge on any atom is 0.416 e. The number of aliphatic hydroxyl groups excluding tert-OH is 1. The van der Waals surface area contributed by atoms with Crippen LogP contribution < -0.4 is 5.32 Å². The molecule has 0 heterocycles. The van der Waals surface area contributed by atoms with Gasteiger partial charge in [-0.15, -0.1) is 0 Å². The topological polar surface area (TPSA) is 49.3 Å². The van der Waals surface area contributed by atoms with E-state index in [0.717, 1.165) is 18.6 Å². The van der Waals surface area contributed by atoms with Crippen LogP contribution in [0.15, 0.2) is 24.3 Å². The Morgan fingerprint density at radius 1 is 1.40 bits per heavy atom. The van der Waals surface area contributed by atoms with Gasteiger partial charge >= 0.3 is 6.18 Å². The molecule has 3 nitrogen and oxygen atoms in total. The molecule has 20 heavy (non-hydrogen) atoms. The van der Waals surface area contributed by atoms with Crippen LogP contribution in [0.3, 0.4) is 0 Å². The van der Waals surface area contributed by atoms with Crippen molar-refractivity contribution in [3.63, 3.8) is 0 Å². The van der Waals surface area contributed by atoms with Crippen LogP contribution in [0.25, 0.3) is 0 Å². The number of carbonyl (C=O) groups is 1. The molecule has 112 valence electrons. The molecule has 1 amide bonds. The van der Waals surface area contributed by atoms with Crippen molar-refractivity contribution in [1.82, 2.24) is 5.32 Å². The van der Waals surface area contributed by atoms with Crippen LogP contribution in [0, 0.1) is 5.92 Å². The molecule has 0 saturated carbocycles. The molecule has 0 aliphatic rings. The maximum atomic E-state index is 12.5. The summed E-state index contributed by atoms with van der Waals surface area (Å²) in [5, 5.41) is 12.1. The zero-order chi connectivity index (χ0) is 15.3. The van der Waals surface area contributed by atoms with Gasteiger partial charge in [-0.3, -0.25) is 4.79 Å². The minimum Gasteiger partial charge on any atom is -0.391 e. The van der Waals surface area contributed by atoms with Crippen molar-refractivity contribution >= 4 is 5.91 Å². The molecular weight excluding hydrogens is 271 g/mol. The molecule has 0 radical (unpaired) electrons. The number of halogens is 3. The summed E-state index contributed by atoms with van der Waals surface area (Å²) >= 11 is 0. The Morgan fingerprint density at radius 2 is 2.05 bits per heavy atom. The second-order valence-electron chi connectivity index (χ2n) is 4.74. The molecule has 0 saturated heterocycles. The third-order valence-electron chi connectivity index (χ3n) is 3.22. The molecule has 0 bridgehead atoms. The smallest absolute Gasteiger partial charge is 0.391 e. The van der Waals surface area contributed by atoms with Crippen molar-refractivity contribution in [2.75, 3.05) is 6.54 Å². The minimum atomic E-state index is -4.48. The van der Waals surface area contributed by atoms with Crippen LogP contribution in [-0.4, -0.2) is 23.7 Å². The zero-order valence-corrected chi connectivity index (χ0v) is 11.4. The lowest BCUT2D eigenvalue weighted by molar-refractivity contribution is -0.137. The predicted octanol–water partition coefficient (Wildman–Crippen LogP) is 2.84. The molecule has 1 aromatic carbocycles. The van der Waals surface area contributed by atoms with E-state index in [2.05, 4.69) is 5.32 Å². The highest BCUT2D eigenvalue weighted by Gasteiger charge is 2.30. The van der Waals surface area contributed by atoms with Gasteiger partial charge in [-0.2, -0.15) is 13.2 Å². The van der Waals surface area contributed by atoms with Gasteiger partial charge in [0.05, 0.1) is 11.7 Å². The number of hydrogen-bond donors (Lipinski definition) is 2. The molecule has 2 N–H and O–H groups in total. The second-order valence-corrected chi connectivity index (χ2v) is 4.74. The highest BCUT2D eigenvalue weighted by atomic mass is 19.4. The van der Waals surface area contributed by atoms with E-state index in [1.807, 2.05) is 13.8 Å². The highest BCUT2D eigenvalue weighted by Crippen LogP contribution is 2.29. The summed E-state index contributed by atoms with van der Waals surface area (Å²) in [4.78, 5) is 11.7. The van der Waals surface area contributed by atoms with E-state index in [1.54, 1.807) is 0 Å². The molecule has 0 aliphatic carbocycles. The molecule has 0 aromatic heterocycles. The lowest BCUT2D eigenvalue weighted by Crippen LogP contribution is -2.35. The number of alkyl halides is 3. The predicted molar refractivity (Wildman–Crippen MR) is 69.2 cm³/mol. The van der Waals surface area contributed by atoms with Crippen molar-refractivity contribution in [1.29, 1.82) is 0 Å². The molecule has 2 unspecified atom stereocenters. The summed E-state index contributed by atoms with van der Waals surface area (Å²) in [5.41, 5.74) is -0.941. The molecule has 1 rings (SSSR count). The number of amides is 1. The summed E-state index contributed by atoms with van der Waals surface area (Å²) in [6.07, 6.45) is -4.44. The number of carbonyl (C=O) groups excluding carboxylic acids is 1. The highest BCUT2D eigenvalue weighted by molar-refractivity contribution is 5.94. The number of benzene rings is 1. The Kier molecular flexibility index (Phi) is 5.56. The fourth-order valence-corrected chi connectivity index (χ4v) is 1.61. The van der Waals surface area contributed by atoms with Gasteiger partial charge < -0.3 is 10.4 Å². The first-order valence-corrected chi connectivity index (χ1v) is 6.39. The molecule has 1 aromatic rings. The number of rotatable bonds is 5. The Bertz CT molecular complexity index is 460. The SMILES string of the molecule is CCC(C)C(O)CNC(=O)c1cccc(C(F)(F)F)c1. The van der Waals surface area contributed by atoms with Gasteiger partial charge in [0, 0.05) is 12.1 Å². The van der Waals surface area contributed by atoms with Gasteiger partial charge in [0.25, 0.3) is 5.91 Å². The molecule has 2 atom stereocenters. The Morgan fingerprint density at radius 3 is 2.60 bits per heavy atom. The van der Waals surface area contributed by atoms with Crippen LogP contribution in [0.4, 0.5) is 13.2 Å². The van der Waals surface area contributed by atoms with E-state index in [0.29, 0.717) is 0 Å². The monoisotopic (exact) mass is 289 g/mol. The summed E-state index contributed by atoms with van der Waals surface area (Å²) in [7, 11) is 0. The third kappa shape index (κ3) is 4.52.